The Kier molecular flexibility index (Phi) is 6.55. The highest BCUT2D eigenvalue weighted by Gasteiger charge is 2.21. The van der Waals surface area contributed by atoms with Gasteiger partial charge in [0, 0.05) is 12.5 Å². The fraction of sp³-hybridized carbons (Fsp3) is 0.591. The van der Waals surface area contributed by atoms with E-state index in [0.29, 0.717) is 19.1 Å². The maximum absolute atomic E-state index is 11.5. The standard InChI is InChI=1S/C22H31NO2/c1-2-3-4-5-7-17-9-10-19-15-20(12-11-18(19)14-17)21-8-6-13-25-22(24)23-16-21/h2,11-12,15,17,21H,1,3-10,13-14,16H2,(H,23,24)/t17-,21-/m0/s1. The van der Waals surface area contributed by atoms with Gasteiger partial charge in [0.1, 0.15) is 0 Å². The third-order valence-corrected chi connectivity index (χ3v) is 5.73. The predicted molar refractivity (Wildman–Crippen MR) is 102 cm³/mol. The van der Waals surface area contributed by atoms with Crippen LogP contribution in [0.3, 0.4) is 0 Å². The minimum Gasteiger partial charge on any atom is -0.450 e. The Morgan fingerprint density at radius 1 is 1.24 bits per heavy atom. The molecule has 0 aromatic heterocycles. The smallest absolute Gasteiger partial charge is 0.407 e. The Labute approximate surface area is 151 Å². The number of aryl methyl sites for hydroxylation is 1. The van der Waals surface area contributed by atoms with Gasteiger partial charge in [0.05, 0.1) is 6.61 Å². The van der Waals surface area contributed by atoms with E-state index in [1.807, 2.05) is 6.08 Å². The third-order valence-electron chi connectivity index (χ3n) is 5.73. The molecule has 1 fully saturated rings. The number of carbonyl (C=O) groups is 1. The van der Waals surface area contributed by atoms with E-state index in [0.717, 1.165) is 25.2 Å². The summed E-state index contributed by atoms with van der Waals surface area (Å²) < 4.78 is 5.06. The zero-order valence-electron chi connectivity index (χ0n) is 15.3. The van der Waals surface area contributed by atoms with Crippen molar-refractivity contribution in [1.82, 2.24) is 5.32 Å². The third kappa shape index (κ3) is 5.10. The van der Waals surface area contributed by atoms with Crippen molar-refractivity contribution in [2.75, 3.05) is 13.2 Å². The number of alkyl carbamates (subject to hydrolysis) is 1. The molecule has 1 N–H and O–H groups in total. The summed E-state index contributed by atoms with van der Waals surface area (Å²) in [5, 5.41) is 2.89. The van der Waals surface area contributed by atoms with E-state index in [2.05, 4.69) is 30.1 Å². The van der Waals surface area contributed by atoms with E-state index in [9.17, 15) is 4.79 Å². The van der Waals surface area contributed by atoms with Gasteiger partial charge >= 0.3 is 6.09 Å². The highest BCUT2D eigenvalue weighted by atomic mass is 16.5. The van der Waals surface area contributed by atoms with Gasteiger partial charge in [-0.25, -0.2) is 4.79 Å². The molecular formula is C22H31NO2. The van der Waals surface area contributed by atoms with Crippen LogP contribution >= 0.6 is 0 Å². The zero-order valence-corrected chi connectivity index (χ0v) is 15.3. The van der Waals surface area contributed by atoms with Crippen molar-refractivity contribution < 1.29 is 9.53 Å². The summed E-state index contributed by atoms with van der Waals surface area (Å²) in [5.74, 6) is 1.26. The summed E-state index contributed by atoms with van der Waals surface area (Å²) in [6.07, 6.45) is 12.6. The molecule has 3 rings (SSSR count). The summed E-state index contributed by atoms with van der Waals surface area (Å²) >= 11 is 0. The molecule has 2 atom stereocenters. The van der Waals surface area contributed by atoms with Crippen molar-refractivity contribution in [2.45, 2.75) is 63.7 Å². The molecule has 1 amide bonds. The molecule has 1 saturated heterocycles. The van der Waals surface area contributed by atoms with Gasteiger partial charge in [0.15, 0.2) is 0 Å². The van der Waals surface area contributed by atoms with Crippen LogP contribution in [-0.4, -0.2) is 19.2 Å². The van der Waals surface area contributed by atoms with E-state index < -0.39 is 0 Å². The van der Waals surface area contributed by atoms with Gasteiger partial charge in [0.2, 0.25) is 0 Å². The van der Waals surface area contributed by atoms with E-state index in [4.69, 9.17) is 4.74 Å². The first-order valence-electron chi connectivity index (χ1n) is 9.89. The molecule has 0 spiro atoms. The zero-order chi connectivity index (χ0) is 17.5. The largest absolute Gasteiger partial charge is 0.450 e. The fourth-order valence-electron chi connectivity index (χ4n) is 4.21. The number of hydrogen-bond donors (Lipinski definition) is 1. The average molecular weight is 341 g/mol. The molecule has 1 aromatic carbocycles. The second-order valence-corrected chi connectivity index (χ2v) is 7.57. The van der Waals surface area contributed by atoms with Gasteiger partial charge in [-0.15, -0.1) is 6.58 Å². The number of nitrogens with one attached hydrogen (secondary N) is 1. The topological polar surface area (TPSA) is 38.3 Å². The second-order valence-electron chi connectivity index (χ2n) is 7.57. The minimum absolute atomic E-state index is 0.276. The Hall–Kier alpha value is -1.77. The van der Waals surface area contributed by atoms with Gasteiger partial charge in [-0.2, -0.15) is 0 Å². The number of allylic oxidation sites excluding steroid dienone is 1. The van der Waals surface area contributed by atoms with Gasteiger partial charge in [-0.3, -0.25) is 0 Å². The lowest BCUT2D eigenvalue weighted by atomic mass is 9.79. The first-order chi connectivity index (χ1) is 12.3. The van der Waals surface area contributed by atoms with Crippen molar-refractivity contribution in [3.8, 4) is 0 Å². The lowest BCUT2D eigenvalue weighted by molar-refractivity contribution is 0.136. The van der Waals surface area contributed by atoms with E-state index >= 15 is 0 Å². The van der Waals surface area contributed by atoms with Gasteiger partial charge in [-0.1, -0.05) is 37.1 Å². The van der Waals surface area contributed by atoms with Crippen LogP contribution in [0, 0.1) is 5.92 Å². The molecule has 0 bridgehead atoms. The van der Waals surface area contributed by atoms with Crippen LogP contribution in [0.1, 0.15) is 67.6 Å². The summed E-state index contributed by atoms with van der Waals surface area (Å²) in [4.78, 5) is 11.5. The molecule has 0 radical (unpaired) electrons. The molecule has 0 unspecified atom stereocenters. The van der Waals surface area contributed by atoms with Gasteiger partial charge in [0.25, 0.3) is 0 Å². The molecule has 1 aromatic rings. The Morgan fingerprint density at radius 2 is 2.16 bits per heavy atom. The minimum atomic E-state index is -0.276. The van der Waals surface area contributed by atoms with Gasteiger partial charge < -0.3 is 10.1 Å². The van der Waals surface area contributed by atoms with Crippen LogP contribution in [0.25, 0.3) is 0 Å². The lowest BCUT2D eigenvalue weighted by Crippen LogP contribution is -2.31. The molecule has 25 heavy (non-hydrogen) atoms. The summed E-state index contributed by atoms with van der Waals surface area (Å²) in [6, 6.07) is 7.04. The number of rotatable bonds is 6. The van der Waals surface area contributed by atoms with Crippen LogP contribution in [-0.2, 0) is 17.6 Å². The number of fused-ring (bicyclic) bond motifs is 1. The quantitative estimate of drug-likeness (QED) is 0.574. The van der Waals surface area contributed by atoms with Crippen LogP contribution in [0.15, 0.2) is 30.9 Å². The number of unbranched alkanes of at least 4 members (excludes halogenated alkanes) is 2. The second kappa shape index (κ2) is 9.07. The highest BCUT2D eigenvalue weighted by Crippen LogP contribution is 2.32. The van der Waals surface area contributed by atoms with Crippen molar-refractivity contribution in [3.05, 3.63) is 47.5 Å². The average Bonchev–Trinajstić information content (AvgIpc) is 2.62. The van der Waals surface area contributed by atoms with Crippen LogP contribution in [0.5, 0.6) is 0 Å². The first kappa shape index (κ1) is 18.0. The number of cyclic esters (lactones) is 1. The highest BCUT2D eigenvalue weighted by molar-refractivity contribution is 5.67. The molecule has 1 heterocycles. The maximum atomic E-state index is 11.5. The summed E-state index contributed by atoms with van der Waals surface area (Å²) in [6.45, 7) is 5.02. The van der Waals surface area contributed by atoms with Crippen LogP contribution in [0.4, 0.5) is 4.79 Å². The van der Waals surface area contributed by atoms with E-state index in [1.54, 1.807) is 5.56 Å². The SMILES string of the molecule is C=CCCCC[C@H]1CCc2cc([C@H]3CCCOC(=O)NC3)ccc2C1. The van der Waals surface area contributed by atoms with E-state index in [-0.39, 0.29) is 6.09 Å². The monoisotopic (exact) mass is 341 g/mol. The number of carbonyl (C=O) groups excluding carboxylic acids is 1. The molecule has 3 nitrogen and oxygen atoms in total. The number of hydrogen-bond acceptors (Lipinski definition) is 2. The van der Waals surface area contributed by atoms with Crippen molar-refractivity contribution in [3.63, 3.8) is 0 Å². The molecule has 2 aliphatic rings. The maximum Gasteiger partial charge on any atom is 0.407 e. The predicted octanol–water partition coefficient (Wildman–Crippen LogP) is 5.14. The summed E-state index contributed by atoms with van der Waals surface area (Å²) in [7, 11) is 0. The Morgan fingerprint density at radius 3 is 3.04 bits per heavy atom. The van der Waals surface area contributed by atoms with Crippen LogP contribution < -0.4 is 5.32 Å². The van der Waals surface area contributed by atoms with Crippen molar-refractivity contribution in [2.24, 2.45) is 5.92 Å². The van der Waals surface area contributed by atoms with Crippen LogP contribution in [0.2, 0.25) is 0 Å². The molecule has 0 saturated carbocycles. The molecule has 3 heteroatoms. The molecule has 136 valence electrons. The Bertz CT molecular complexity index is 596. The molecule has 1 aliphatic heterocycles. The first-order valence-corrected chi connectivity index (χ1v) is 9.89. The van der Waals surface area contributed by atoms with Crippen molar-refractivity contribution in [1.29, 1.82) is 0 Å². The summed E-state index contributed by atoms with van der Waals surface area (Å²) in [5.41, 5.74) is 4.46. The van der Waals surface area contributed by atoms with E-state index in [1.165, 1.54) is 49.7 Å². The fourth-order valence-corrected chi connectivity index (χ4v) is 4.21. The molecular weight excluding hydrogens is 310 g/mol. The lowest BCUT2D eigenvalue weighted by Gasteiger charge is -2.27. The molecule has 1 aliphatic carbocycles. The number of amides is 1. The number of benzene rings is 1. The normalized spacial score (nSPS) is 23.6. The number of ether oxygens (including phenoxy) is 1. The Balaban J connectivity index is 1.59. The van der Waals surface area contributed by atoms with Crippen molar-refractivity contribution >= 4 is 6.09 Å². The van der Waals surface area contributed by atoms with Gasteiger partial charge in [-0.05, 0) is 67.6 Å².